The normalized spacial score (nSPS) is 14.5. The number of hydrogen-bond donors (Lipinski definition) is 0. The SMILES string of the molecule is CC[C@@H](O[C@@H](CC(=O)c1ccccc1)/C(C)=C\CS(C)(=O)=O)c1ccccc1. The van der Waals surface area contributed by atoms with Crippen LogP contribution in [0.1, 0.15) is 48.7 Å². The summed E-state index contributed by atoms with van der Waals surface area (Å²) in [6.45, 7) is 3.86. The molecule has 0 radical (unpaired) electrons. The van der Waals surface area contributed by atoms with Gasteiger partial charge >= 0.3 is 0 Å². The van der Waals surface area contributed by atoms with Crippen molar-refractivity contribution >= 4 is 15.6 Å². The van der Waals surface area contributed by atoms with Gasteiger partial charge in [-0.2, -0.15) is 0 Å². The van der Waals surface area contributed by atoms with Crippen LogP contribution < -0.4 is 0 Å². The van der Waals surface area contributed by atoms with Crippen molar-refractivity contribution < 1.29 is 17.9 Å². The molecule has 2 aromatic rings. The number of hydrogen-bond acceptors (Lipinski definition) is 4. The van der Waals surface area contributed by atoms with Crippen LogP contribution in [0.15, 0.2) is 72.3 Å². The number of Topliss-reactive ketones (excluding diaryl/α,β-unsaturated/α-hetero) is 1. The van der Waals surface area contributed by atoms with Gasteiger partial charge in [-0.1, -0.05) is 73.7 Å². The molecule has 2 atom stereocenters. The third-order valence-corrected chi connectivity index (χ3v) is 5.33. The Hall–Kier alpha value is -2.24. The van der Waals surface area contributed by atoms with Crippen molar-refractivity contribution in [3.8, 4) is 0 Å². The van der Waals surface area contributed by atoms with Gasteiger partial charge in [0.1, 0.15) is 0 Å². The largest absolute Gasteiger partial charge is 0.366 e. The number of ether oxygens (including phenoxy) is 1. The molecule has 0 unspecified atom stereocenters. The van der Waals surface area contributed by atoms with Crippen LogP contribution in [0.2, 0.25) is 0 Å². The van der Waals surface area contributed by atoms with Crippen molar-refractivity contribution in [2.45, 2.75) is 38.9 Å². The van der Waals surface area contributed by atoms with E-state index in [1.807, 2.05) is 62.4 Å². The Labute approximate surface area is 168 Å². The number of rotatable bonds is 10. The van der Waals surface area contributed by atoms with E-state index >= 15 is 0 Å². The molecule has 2 aromatic carbocycles. The van der Waals surface area contributed by atoms with Gasteiger partial charge in [-0.15, -0.1) is 0 Å². The second-order valence-electron chi connectivity index (χ2n) is 6.97. The molecule has 4 nitrogen and oxygen atoms in total. The van der Waals surface area contributed by atoms with E-state index in [1.54, 1.807) is 18.2 Å². The minimum absolute atomic E-state index is 0.0272. The van der Waals surface area contributed by atoms with Crippen LogP contribution in [-0.4, -0.2) is 32.3 Å². The monoisotopic (exact) mass is 400 g/mol. The molecule has 150 valence electrons. The van der Waals surface area contributed by atoms with Crippen molar-refractivity contribution in [3.63, 3.8) is 0 Å². The van der Waals surface area contributed by atoms with E-state index in [4.69, 9.17) is 4.74 Å². The molecule has 0 amide bonds. The Kier molecular flexibility index (Phi) is 8.15. The molecule has 5 heteroatoms. The summed E-state index contributed by atoms with van der Waals surface area (Å²) in [6, 6.07) is 18.9. The molecule has 0 N–H and O–H groups in total. The minimum Gasteiger partial charge on any atom is -0.366 e. The van der Waals surface area contributed by atoms with Crippen LogP contribution in [-0.2, 0) is 14.6 Å². The van der Waals surface area contributed by atoms with E-state index in [0.717, 1.165) is 17.6 Å². The van der Waals surface area contributed by atoms with Gasteiger partial charge in [-0.3, -0.25) is 4.79 Å². The second-order valence-corrected chi connectivity index (χ2v) is 9.15. The first-order valence-corrected chi connectivity index (χ1v) is 11.5. The molecular formula is C23H28O4S. The van der Waals surface area contributed by atoms with E-state index in [1.165, 1.54) is 6.26 Å². The van der Waals surface area contributed by atoms with Gasteiger partial charge in [0, 0.05) is 18.2 Å². The maximum absolute atomic E-state index is 12.7. The highest BCUT2D eigenvalue weighted by Crippen LogP contribution is 2.27. The summed E-state index contributed by atoms with van der Waals surface area (Å²) in [5, 5.41) is 0. The molecule has 0 fully saturated rings. The van der Waals surface area contributed by atoms with Crippen LogP contribution in [0.4, 0.5) is 0 Å². The lowest BCUT2D eigenvalue weighted by Gasteiger charge is -2.25. The van der Waals surface area contributed by atoms with Crippen molar-refractivity contribution in [1.29, 1.82) is 0 Å². The fraction of sp³-hybridized carbons (Fsp3) is 0.348. The molecular weight excluding hydrogens is 372 g/mol. The van der Waals surface area contributed by atoms with Crippen molar-refractivity contribution in [3.05, 3.63) is 83.4 Å². The summed E-state index contributed by atoms with van der Waals surface area (Å²) in [5.74, 6) is -0.0963. The van der Waals surface area contributed by atoms with E-state index in [2.05, 4.69) is 0 Å². The lowest BCUT2D eigenvalue weighted by Crippen LogP contribution is -2.22. The van der Waals surface area contributed by atoms with Crippen LogP contribution in [0.25, 0.3) is 0 Å². The van der Waals surface area contributed by atoms with Crippen LogP contribution >= 0.6 is 0 Å². The summed E-state index contributed by atoms with van der Waals surface area (Å²) >= 11 is 0. The number of carbonyl (C=O) groups is 1. The molecule has 0 saturated carbocycles. The van der Waals surface area contributed by atoms with Gasteiger partial charge in [-0.05, 0) is 24.5 Å². The predicted octanol–water partition coefficient (Wildman–Crippen LogP) is 4.79. The number of ketones is 1. The van der Waals surface area contributed by atoms with Gasteiger partial charge in [0.2, 0.25) is 0 Å². The van der Waals surface area contributed by atoms with Crippen molar-refractivity contribution in [1.82, 2.24) is 0 Å². The Morgan fingerprint density at radius 2 is 1.61 bits per heavy atom. The summed E-state index contributed by atoms with van der Waals surface area (Å²) in [7, 11) is -3.14. The summed E-state index contributed by atoms with van der Waals surface area (Å²) in [5.41, 5.74) is 2.42. The molecule has 2 rings (SSSR count). The number of sulfone groups is 1. The predicted molar refractivity (Wildman–Crippen MR) is 113 cm³/mol. The Morgan fingerprint density at radius 3 is 2.14 bits per heavy atom. The molecule has 0 aliphatic heterocycles. The highest BCUT2D eigenvalue weighted by atomic mass is 32.2. The maximum atomic E-state index is 12.7. The lowest BCUT2D eigenvalue weighted by molar-refractivity contribution is 0.00180. The third kappa shape index (κ3) is 7.06. The third-order valence-electron chi connectivity index (χ3n) is 4.55. The van der Waals surface area contributed by atoms with Crippen LogP contribution in [0, 0.1) is 0 Å². The van der Waals surface area contributed by atoms with Crippen molar-refractivity contribution in [2.24, 2.45) is 0 Å². The topological polar surface area (TPSA) is 60.4 Å². The van der Waals surface area contributed by atoms with Gasteiger partial charge in [0.25, 0.3) is 0 Å². The summed E-state index contributed by atoms with van der Waals surface area (Å²) in [6.07, 6.45) is 3.10. The fourth-order valence-electron chi connectivity index (χ4n) is 2.92. The minimum atomic E-state index is -3.14. The first-order chi connectivity index (χ1) is 13.3. The first kappa shape index (κ1) is 22.1. The summed E-state index contributed by atoms with van der Waals surface area (Å²) in [4.78, 5) is 12.7. The van der Waals surface area contributed by atoms with Gasteiger partial charge in [-0.25, -0.2) is 8.42 Å². The molecule has 28 heavy (non-hydrogen) atoms. The smallest absolute Gasteiger partial charge is 0.165 e. The molecule has 0 aromatic heterocycles. The van der Waals surface area contributed by atoms with Crippen molar-refractivity contribution in [2.75, 3.05) is 12.0 Å². The van der Waals surface area contributed by atoms with Gasteiger partial charge in [0.05, 0.1) is 18.0 Å². The van der Waals surface area contributed by atoms with Gasteiger partial charge < -0.3 is 4.74 Å². The number of carbonyl (C=O) groups excluding carboxylic acids is 1. The Balaban J connectivity index is 2.25. The zero-order chi connectivity index (χ0) is 20.6. The Bertz CT molecular complexity index is 887. The highest BCUT2D eigenvalue weighted by Gasteiger charge is 2.22. The highest BCUT2D eigenvalue weighted by molar-refractivity contribution is 7.90. The molecule has 0 aliphatic rings. The molecule has 0 heterocycles. The van der Waals surface area contributed by atoms with Crippen LogP contribution in [0.5, 0.6) is 0 Å². The molecule has 0 bridgehead atoms. The summed E-state index contributed by atoms with van der Waals surface area (Å²) < 4.78 is 29.4. The fourth-order valence-corrected chi connectivity index (χ4v) is 3.48. The van der Waals surface area contributed by atoms with E-state index in [9.17, 15) is 13.2 Å². The zero-order valence-electron chi connectivity index (χ0n) is 16.7. The maximum Gasteiger partial charge on any atom is 0.165 e. The average Bonchev–Trinajstić information content (AvgIpc) is 2.69. The van der Waals surface area contributed by atoms with E-state index in [-0.39, 0.29) is 24.1 Å². The standard InChI is InChI=1S/C23H28O4S/c1-4-22(20-13-9-6-10-14-20)27-23(18(2)15-16-28(3,25)26)17-21(24)19-11-7-5-8-12-19/h5-15,22-23H,4,16-17H2,1-3H3/b18-15-/t22-,23+/m1/s1. The zero-order valence-corrected chi connectivity index (χ0v) is 17.5. The number of benzene rings is 2. The quantitative estimate of drug-likeness (QED) is 0.425. The average molecular weight is 401 g/mol. The molecule has 0 aliphatic carbocycles. The van der Waals surface area contributed by atoms with Gasteiger partial charge in [0.15, 0.2) is 15.6 Å². The second kappa shape index (κ2) is 10.3. The lowest BCUT2D eigenvalue weighted by atomic mass is 9.99. The Morgan fingerprint density at radius 1 is 1.04 bits per heavy atom. The van der Waals surface area contributed by atoms with E-state index in [0.29, 0.717) is 5.56 Å². The van der Waals surface area contributed by atoms with E-state index < -0.39 is 15.9 Å². The molecule has 0 spiro atoms. The van der Waals surface area contributed by atoms with Crippen LogP contribution in [0.3, 0.4) is 0 Å². The first-order valence-electron chi connectivity index (χ1n) is 9.43. The molecule has 0 saturated heterocycles.